The van der Waals surface area contributed by atoms with Gasteiger partial charge in [-0.1, -0.05) is 12.1 Å². The number of amidine groups is 1. The van der Waals surface area contributed by atoms with Gasteiger partial charge in [-0.15, -0.1) is 11.3 Å². The van der Waals surface area contributed by atoms with E-state index in [2.05, 4.69) is 10.3 Å². The van der Waals surface area contributed by atoms with Crippen LogP contribution in [0.25, 0.3) is 0 Å². The van der Waals surface area contributed by atoms with E-state index in [-0.39, 0.29) is 17.8 Å². The van der Waals surface area contributed by atoms with E-state index in [1.54, 1.807) is 18.5 Å². The average molecular weight is 522 g/mol. The second-order valence-corrected chi connectivity index (χ2v) is 9.95. The number of benzene rings is 1. The summed E-state index contributed by atoms with van der Waals surface area (Å²) in [6.07, 6.45) is 0.957. The molecule has 2 unspecified atom stereocenters. The molecular weight excluding hydrogens is 495 g/mol. The number of likely N-dealkylation sites (N-methyl/N-ethyl adjacent to an activating group) is 1. The van der Waals surface area contributed by atoms with Gasteiger partial charge in [0.2, 0.25) is 5.91 Å². The first kappa shape index (κ1) is 25.8. The van der Waals surface area contributed by atoms with E-state index in [1.807, 2.05) is 0 Å². The summed E-state index contributed by atoms with van der Waals surface area (Å²) in [5.41, 5.74) is -0.539. The number of ether oxygens (including phenoxy) is 1. The van der Waals surface area contributed by atoms with E-state index in [0.717, 1.165) is 0 Å². The van der Waals surface area contributed by atoms with Crippen molar-refractivity contribution < 1.29 is 27.5 Å². The Morgan fingerprint density at radius 2 is 1.97 bits per heavy atom. The molecule has 2 atom stereocenters. The fourth-order valence-electron chi connectivity index (χ4n) is 4.57. The summed E-state index contributed by atoms with van der Waals surface area (Å²) >= 11 is 1.30. The highest BCUT2D eigenvalue weighted by Gasteiger charge is 2.50. The molecule has 2 aliphatic rings. The Labute approximate surface area is 210 Å². The van der Waals surface area contributed by atoms with Crippen LogP contribution in [-0.2, 0) is 19.9 Å². The van der Waals surface area contributed by atoms with Crippen LogP contribution in [0.5, 0.6) is 0 Å². The highest BCUT2D eigenvalue weighted by molar-refractivity contribution is 7.11. The van der Waals surface area contributed by atoms with Gasteiger partial charge in [-0.3, -0.25) is 9.69 Å². The zero-order chi connectivity index (χ0) is 26.3. The van der Waals surface area contributed by atoms with Crippen LogP contribution < -0.4 is 5.32 Å². The second-order valence-electron chi connectivity index (χ2n) is 9.06. The summed E-state index contributed by atoms with van der Waals surface area (Å²) in [4.78, 5) is 37.6. The van der Waals surface area contributed by atoms with E-state index >= 15 is 0 Å². The van der Waals surface area contributed by atoms with Crippen LogP contribution in [0.1, 0.15) is 23.9 Å². The first-order valence-corrected chi connectivity index (χ1v) is 12.0. The molecule has 3 heterocycles. The molecule has 1 N–H and O–H groups in total. The van der Waals surface area contributed by atoms with Crippen molar-refractivity contribution in [3.8, 4) is 0 Å². The number of alkyl halides is 2. The zero-order valence-electron chi connectivity index (χ0n) is 20.2. The molecule has 1 aromatic carbocycles. The number of rotatable bonds is 6. The Bertz CT molecular complexity index is 1210. The maximum absolute atomic E-state index is 14.5. The SMILES string of the molecule is COC(=O)C1=C(CN2CC(F)(F)CC2C(=O)N(C)C)NC(c2nccs2)=NC1(C)c1ccc(F)cc1. The lowest BCUT2D eigenvalue weighted by atomic mass is 9.82. The largest absolute Gasteiger partial charge is 0.466 e. The molecule has 0 bridgehead atoms. The quantitative estimate of drug-likeness (QED) is 0.589. The van der Waals surface area contributed by atoms with Gasteiger partial charge >= 0.3 is 5.97 Å². The van der Waals surface area contributed by atoms with Crippen molar-refractivity contribution in [3.63, 3.8) is 0 Å². The number of methoxy groups -OCH3 is 1. The molecule has 0 aliphatic carbocycles. The van der Waals surface area contributed by atoms with Crippen LogP contribution >= 0.6 is 11.3 Å². The number of carbonyl (C=O) groups is 2. The first-order valence-electron chi connectivity index (χ1n) is 11.1. The number of thiazole rings is 1. The maximum atomic E-state index is 14.5. The molecule has 2 aliphatic heterocycles. The van der Waals surface area contributed by atoms with Gasteiger partial charge in [-0.25, -0.2) is 27.9 Å². The molecule has 8 nitrogen and oxygen atoms in total. The normalized spacial score (nSPS) is 23.8. The number of nitrogens with one attached hydrogen (secondary N) is 1. The molecule has 2 aromatic rings. The van der Waals surface area contributed by atoms with Crippen molar-refractivity contribution in [1.82, 2.24) is 20.1 Å². The third-order valence-corrected chi connectivity index (χ3v) is 7.06. The molecule has 12 heteroatoms. The molecule has 36 heavy (non-hydrogen) atoms. The van der Waals surface area contributed by atoms with Gasteiger partial charge in [0.25, 0.3) is 5.92 Å². The average Bonchev–Trinajstić information content (AvgIpc) is 3.46. The standard InChI is InChI=1S/C24H26F3N5O3S/c1-23(14-5-7-15(25)8-6-14)18(22(34)35-4)16(29-19(30-23)20-28-9-10-36-20)12-32-13-24(26,27)11-17(32)21(33)31(2)3/h5-10,17H,11-13H2,1-4H3,(H,29,30). The molecule has 1 fully saturated rings. The minimum absolute atomic E-state index is 0.0724. The Morgan fingerprint density at radius 3 is 2.56 bits per heavy atom. The molecule has 192 valence electrons. The lowest BCUT2D eigenvalue weighted by Gasteiger charge is -2.36. The van der Waals surface area contributed by atoms with Crippen molar-refractivity contribution >= 4 is 29.0 Å². The van der Waals surface area contributed by atoms with Gasteiger partial charge < -0.3 is 15.0 Å². The Balaban J connectivity index is 1.85. The van der Waals surface area contributed by atoms with E-state index < -0.39 is 48.2 Å². The van der Waals surface area contributed by atoms with Crippen molar-refractivity contribution in [2.45, 2.75) is 30.8 Å². The molecule has 4 rings (SSSR count). The molecule has 1 aromatic heterocycles. The minimum Gasteiger partial charge on any atom is -0.466 e. The Hall–Kier alpha value is -3.25. The first-order chi connectivity index (χ1) is 16.9. The predicted molar refractivity (Wildman–Crippen MR) is 128 cm³/mol. The van der Waals surface area contributed by atoms with Crippen molar-refractivity contribution in [3.05, 3.63) is 63.5 Å². The van der Waals surface area contributed by atoms with Crippen LogP contribution in [-0.4, -0.2) is 78.8 Å². The second kappa shape index (κ2) is 9.66. The van der Waals surface area contributed by atoms with Crippen LogP contribution in [0.4, 0.5) is 13.2 Å². The lowest BCUT2D eigenvalue weighted by molar-refractivity contribution is -0.137. The van der Waals surface area contributed by atoms with Crippen LogP contribution in [0.3, 0.4) is 0 Å². The summed E-state index contributed by atoms with van der Waals surface area (Å²) in [7, 11) is 4.22. The van der Waals surface area contributed by atoms with E-state index in [0.29, 0.717) is 16.4 Å². The highest BCUT2D eigenvalue weighted by Crippen LogP contribution is 2.40. The molecule has 0 spiro atoms. The molecule has 1 saturated heterocycles. The Kier molecular flexibility index (Phi) is 6.93. The van der Waals surface area contributed by atoms with Crippen LogP contribution in [0, 0.1) is 5.82 Å². The van der Waals surface area contributed by atoms with E-state index in [4.69, 9.17) is 9.73 Å². The lowest BCUT2D eigenvalue weighted by Crippen LogP contribution is -2.48. The van der Waals surface area contributed by atoms with Crippen LogP contribution in [0.15, 0.2) is 52.1 Å². The van der Waals surface area contributed by atoms with Gasteiger partial charge in [-0.05, 0) is 24.6 Å². The number of esters is 1. The van der Waals surface area contributed by atoms with Crippen molar-refractivity contribution in [1.29, 1.82) is 0 Å². The number of hydrogen-bond donors (Lipinski definition) is 1. The third kappa shape index (κ3) is 4.87. The zero-order valence-corrected chi connectivity index (χ0v) is 21.0. The smallest absolute Gasteiger partial charge is 0.338 e. The summed E-state index contributed by atoms with van der Waals surface area (Å²) < 4.78 is 47.8. The maximum Gasteiger partial charge on any atom is 0.338 e. The molecule has 0 saturated carbocycles. The number of aromatic nitrogens is 1. The van der Waals surface area contributed by atoms with Gasteiger partial charge in [0.15, 0.2) is 10.8 Å². The number of halogens is 3. The van der Waals surface area contributed by atoms with E-state index in [1.165, 1.54) is 66.6 Å². The number of aliphatic imine (C=N–C) groups is 1. The fourth-order valence-corrected chi connectivity index (χ4v) is 5.15. The van der Waals surface area contributed by atoms with Gasteiger partial charge in [-0.2, -0.15) is 0 Å². The van der Waals surface area contributed by atoms with Crippen molar-refractivity contribution in [2.75, 3.05) is 34.3 Å². The summed E-state index contributed by atoms with van der Waals surface area (Å²) in [5, 5.41) is 5.35. The van der Waals surface area contributed by atoms with Gasteiger partial charge in [0.05, 0.1) is 25.3 Å². The summed E-state index contributed by atoms with van der Waals surface area (Å²) in [6.45, 7) is 0.835. The predicted octanol–water partition coefficient (Wildman–Crippen LogP) is 2.77. The van der Waals surface area contributed by atoms with Gasteiger partial charge in [0, 0.05) is 44.3 Å². The third-order valence-electron chi connectivity index (χ3n) is 6.28. The number of amides is 1. The number of nitrogens with zero attached hydrogens (tertiary/aromatic N) is 4. The topological polar surface area (TPSA) is 87.1 Å². The van der Waals surface area contributed by atoms with Gasteiger partial charge in [0.1, 0.15) is 11.4 Å². The minimum atomic E-state index is -3.08. The fraction of sp³-hybridized carbons (Fsp3) is 0.417. The molecule has 0 radical (unpaired) electrons. The Morgan fingerprint density at radius 1 is 1.28 bits per heavy atom. The number of carbonyl (C=O) groups excluding carboxylic acids is 2. The summed E-state index contributed by atoms with van der Waals surface area (Å²) in [6, 6.07) is 4.44. The number of hydrogen-bond acceptors (Lipinski definition) is 8. The molecular formula is C24H26F3N5O3S. The summed E-state index contributed by atoms with van der Waals surface area (Å²) in [5.74, 6) is -4.41. The number of likely N-dealkylation sites (tertiary alicyclic amines) is 1. The van der Waals surface area contributed by atoms with E-state index in [9.17, 15) is 22.8 Å². The van der Waals surface area contributed by atoms with Crippen LogP contribution in [0.2, 0.25) is 0 Å². The molecule has 1 amide bonds. The monoisotopic (exact) mass is 521 g/mol. The highest BCUT2D eigenvalue weighted by atomic mass is 32.1. The van der Waals surface area contributed by atoms with Crippen molar-refractivity contribution in [2.24, 2.45) is 4.99 Å².